The Balaban J connectivity index is 3.26. The fraction of sp³-hybridized carbons (Fsp3) is 1.00. The maximum absolute atomic E-state index is 5.70. The zero-order valence-electron chi connectivity index (χ0n) is 11.4. The van der Waals surface area contributed by atoms with Crippen LogP contribution in [0, 0.1) is 5.92 Å². The molecule has 0 spiro atoms. The Morgan fingerprint density at radius 3 is 1.88 bits per heavy atom. The van der Waals surface area contributed by atoms with Crippen LogP contribution in [0.5, 0.6) is 0 Å². The van der Waals surface area contributed by atoms with Crippen molar-refractivity contribution in [3.63, 3.8) is 0 Å². The van der Waals surface area contributed by atoms with E-state index in [4.69, 9.17) is 11.6 Å². The second-order valence-electron chi connectivity index (χ2n) is 5.02. The summed E-state index contributed by atoms with van der Waals surface area (Å²) in [5, 5.41) is 0. The van der Waals surface area contributed by atoms with E-state index in [1.165, 1.54) is 70.6 Å². The molecular weight excluding hydrogens is 216 g/mol. The molecule has 1 atom stereocenters. The molecule has 1 heteroatoms. The highest BCUT2D eigenvalue weighted by molar-refractivity contribution is 6.17. The maximum atomic E-state index is 5.70. The van der Waals surface area contributed by atoms with Gasteiger partial charge in [-0.25, -0.2) is 0 Å². The van der Waals surface area contributed by atoms with Gasteiger partial charge in [0.15, 0.2) is 0 Å². The van der Waals surface area contributed by atoms with Crippen LogP contribution in [0.25, 0.3) is 0 Å². The van der Waals surface area contributed by atoms with Gasteiger partial charge in [0.2, 0.25) is 0 Å². The summed E-state index contributed by atoms with van der Waals surface area (Å²) < 4.78 is 0. The zero-order chi connectivity index (χ0) is 12.1. The average molecular weight is 247 g/mol. The first kappa shape index (κ1) is 16.3. The van der Waals surface area contributed by atoms with Crippen LogP contribution in [-0.4, -0.2) is 5.88 Å². The third kappa shape index (κ3) is 10.8. The molecule has 16 heavy (non-hydrogen) atoms. The lowest BCUT2D eigenvalue weighted by molar-refractivity contribution is 0.400. The Hall–Kier alpha value is 0.290. The van der Waals surface area contributed by atoms with Gasteiger partial charge in [-0.1, -0.05) is 78.1 Å². The van der Waals surface area contributed by atoms with Crippen LogP contribution in [0.1, 0.15) is 84.5 Å². The summed E-state index contributed by atoms with van der Waals surface area (Å²) in [5.41, 5.74) is 0. The SMILES string of the molecule is CCCCCCCCC(CC)CCCCCl. The maximum Gasteiger partial charge on any atom is 0.0223 e. The first-order chi connectivity index (χ1) is 7.85. The summed E-state index contributed by atoms with van der Waals surface area (Å²) in [4.78, 5) is 0. The predicted molar refractivity (Wildman–Crippen MR) is 76.3 cm³/mol. The molecule has 0 fully saturated rings. The lowest BCUT2D eigenvalue weighted by Gasteiger charge is -2.14. The molecule has 0 aliphatic carbocycles. The number of rotatable bonds is 12. The van der Waals surface area contributed by atoms with Crippen LogP contribution in [0.15, 0.2) is 0 Å². The molecule has 0 aromatic heterocycles. The summed E-state index contributed by atoms with van der Waals surface area (Å²) in [7, 11) is 0. The van der Waals surface area contributed by atoms with E-state index in [2.05, 4.69) is 13.8 Å². The lowest BCUT2D eigenvalue weighted by atomic mass is 9.93. The molecule has 0 aromatic rings. The second kappa shape index (κ2) is 13.4. The molecule has 0 saturated heterocycles. The van der Waals surface area contributed by atoms with Crippen LogP contribution in [0.3, 0.4) is 0 Å². The molecule has 98 valence electrons. The molecule has 1 unspecified atom stereocenters. The minimum absolute atomic E-state index is 0.841. The lowest BCUT2D eigenvalue weighted by Crippen LogP contribution is -1.99. The van der Waals surface area contributed by atoms with Gasteiger partial charge < -0.3 is 0 Å². The minimum atomic E-state index is 0.841. The highest BCUT2D eigenvalue weighted by Gasteiger charge is 2.05. The molecule has 0 aliphatic rings. The molecular formula is C15H31Cl. The van der Waals surface area contributed by atoms with E-state index in [1.54, 1.807) is 0 Å². The van der Waals surface area contributed by atoms with E-state index in [1.807, 2.05) is 0 Å². The van der Waals surface area contributed by atoms with Crippen LogP contribution >= 0.6 is 11.6 Å². The molecule has 0 rings (SSSR count). The van der Waals surface area contributed by atoms with Crippen molar-refractivity contribution < 1.29 is 0 Å². The summed E-state index contributed by atoms with van der Waals surface area (Å²) in [5.74, 6) is 1.81. The van der Waals surface area contributed by atoms with Crippen molar-refractivity contribution in [3.8, 4) is 0 Å². The van der Waals surface area contributed by atoms with Gasteiger partial charge in [0.1, 0.15) is 0 Å². The number of hydrogen-bond acceptors (Lipinski definition) is 0. The number of alkyl halides is 1. The minimum Gasteiger partial charge on any atom is -0.127 e. The van der Waals surface area contributed by atoms with Crippen LogP contribution in [-0.2, 0) is 0 Å². The van der Waals surface area contributed by atoms with Crippen molar-refractivity contribution in [2.24, 2.45) is 5.92 Å². The molecule has 0 heterocycles. The van der Waals surface area contributed by atoms with Gasteiger partial charge in [0, 0.05) is 5.88 Å². The Morgan fingerprint density at radius 1 is 0.750 bits per heavy atom. The standard InChI is InChI=1S/C15H31Cl/c1-3-5-6-7-8-9-12-15(4-2)13-10-11-14-16/h15H,3-14H2,1-2H3. The van der Waals surface area contributed by atoms with Gasteiger partial charge in [-0.15, -0.1) is 11.6 Å². The van der Waals surface area contributed by atoms with Gasteiger partial charge in [0.05, 0.1) is 0 Å². The fourth-order valence-electron chi connectivity index (χ4n) is 2.29. The monoisotopic (exact) mass is 246 g/mol. The summed E-state index contributed by atoms with van der Waals surface area (Å²) >= 11 is 5.70. The predicted octanol–water partition coefficient (Wildman–Crippen LogP) is 6.17. The van der Waals surface area contributed by atoms with E-state index in [9.17, 15) is 0 Å². The van der Waals surface area contributed by atoms with Crippen LogP contribution < -0.4 is 0 Å². The Morgan fingerprint density at radius 2 is 1.31 bits per heavy atom. The normalized spacial score (nSPS) is 12.9. The largest absolute Gasteiger partial charge is 0.127 e. The molecule has 0 aromatic carbocycles. The fourth-order valence-corrected chi connectivity index (χ4v) is 2.48. The topological polar surface area (TPSA) is 0 Å². The van der Waals surface area contributed by atoms with Crippen molar-refractivity contribution in [2.45, 2.75) is 84.5 Å². The van der Waals surface area contributed by atoms with Gasteiger partial charge in [0.25, 0.3) is 0 Å². The van der Waals surface area contributed by atoms with Crippen molar-refractivity contribution in [3.05, 3.63) is 0 Å². The summed E-state index contributed by atoms with van der Waals surface area (Å²) in [6.45, 7) is 4.62. The third-order valence-corrected chi connectivity index (χ3v) is 3.81. The molecule has 0 nitrogen and oxygen atoms in total. The van der Waals surface area contributed by atoms with Gasteiger partial charge in [-0.3, -0.25) is 0 Å². The summed E-state index contributed by atoms with van der Waals surface area (Å²) in [6, 6.07) is 0. The number of halogens is 1. The number of hydrogen-bond donors (Lipinski definition) is 0. The van der Waals surface area contributed by atoms with Crippen molar-refractivity contribution in [2.75, 3.05) is 5.88 Å². The van der Waals surface area contributed by atoms with Gasteiger partial charge >= 0.3 is 0 Å². The van der Waals surface area contributed by atoms with Gasteiger partial charge in [-0.05, 0) is 12.3 Å². The molecule has 0 radical (unpaired) electrons. The van der Waals surface area contributed by atoms with Crippen molar-refractivity contribution >= 4 is 11.6 Å². The molecule has 0 N–H and O–H groups in total. The van der Waals surface area contributed by atoms with E-state index in [0.717, 1.165) is 11.8 Å². The van der Waals surface area contributed by atoms with Crippen molar-refractivity contribution in [1.82, 2.24) is 0 Å². The highest BCUT2D eigenvalue weighted by Crippen LogP contribution is 2.20. The Kier molecular flexibility index (Phi) is 13.6. The van der Waals surface area contributed by atoms with E-state index in [0.29, 0.717) is 0 Å². The zero-order valence-corrected chi connectivity index (χ0v) is 12.2. The first-order valence-electron chi connectivity index (χ1n) is 7.41. The molecule has 0 bridgehead atoms. The van der Waals surface area contributed by atoms with Gasteiger partial charge in [-0.2, -0.15) is 0 Å². The van der Waals surface area contributed by atoms with Crippen LogP contribution in [0.4, 0.5) is 0 Å². The first-order valence-corrected chi connectivity index (χ1v) is 7.94. The van der Waals surface area contributed by atoms with Crippen LogP contribution in [0.2, 0.25) is 0 Å². The smallest absolute Gasteiger partial charge is 0.0223 e. The second-order valence-corrected chi connectivity index (χ2v) is 5.39. The molecule has 0 aliphatic heterocycles. The quantitative estimate of drug-likeness (QED) is 0.285. The molecule has 0 saturated carbocycles. The third-order valence-electron chi connectivity index (χ3n) is 3.54. The van der Waals surface area contributed by atoms with Crippen molar-refractivity contribution in [1.29, 1.82) is 0 Å². The molecule has 0 amide bonds. The summed E-state index contributed by atoms with van der Waals surface area (Å²) in [6.07, 6.45) is 15.3. The Bertz CT molecular complexity index is 123. The van der Waals surface area contributed by atoms with E-state index in [-0.39, 0.29) is 0 Å². The van der Waals surface area contributed by atoms with E-state index >= 15 is 0 Å². The average Bonchev–Trinajstić information content (AvgIpc) is 2.31. The van der Waals surface area contributed by atoms with E-state index < -0.39 is 0 Å². The Labute approximate surface area is 108 Å². The number of unbranched alkanes of at least 4 members (excludes halogenated alkanes) is 6. The highest BCUT2D eigenvalue weighted by atomic mass is 35.5.